The molecule has 1 N–H and O–H groups in total. The van der Waals surface area contributed by atoms with Crippen LogP contribution < -0.4 is 0 Å². The molecule has 3 unspecified atom stereocenters. The van der Waals surface area contributed by atoms with Crippen molar-refractivity contribution in [3.63, 3.8) is 0 Å². The van der Waals surface area contributed by atoms with Gasteiger partial charge in [0, 0.05) is 0 Å². The third kappa shape index (κ3) is 2.03. The van der Waals surface area contributed by atoms with E-state index in [0.29, 0.717) is 19.8 Å². The summed E-state index contributed by atoms with van der Waals surface area (Å²) in [5, 5.41) is 8.96. The van der Waals surface area contributed by atoms with Crippen molar-refractivity contribution in [2.24, 2.45) is 17.8 Å². The molecule has 3 atom stereocenters. The number of hydrogen-bond donors (Lipinski definition) is 1. The molecule has 2 rings (SSSR count). The Bertz CT molecular complexity index is 480. The summed E-state index contributed by atoms with van der Waals surface area (Å²) >= 11 is 0. The standard InChI is InChI=1S/C13H16F3NO4/c1-3-6-4-7-8(5-6)10(19)17(9(7)18)12(2,11(20)21)13(14,15)16/h6-8H,3-5H2,1-2H3,(H,20,21). The highest BCUT2D eigenvalue weighted by Crippen LogP contribution is 2.48. The van der Waals surface area contributed by atoms with Crippen molar-refractivity contribution in [1.82, 2.24) is 4.90 Å². The highest BCUT2D eigenvalue weighted by molar-refractivity contribution is 6.09. The number of imide groups is 1. The van der Waals surface area contributed by atoms with Crippen molar-refractivity contribution in [2.75, 3.05) is 0 Å². The molecule has 2 amide bonds. The van der Waals surface area contributed by atoms with Crippen molar-refractivity contribution in [1.29, 1.82) is 0 Å². The van der Waals surface area contributed by atoms with E-state index >= 15 is 0 Å². The van der Waals surface area contributed by atoms with Gasteiger partial charge in [0.25, 0.3) is 0 Å². The number of carbonyl (C=O) groups excluding carboxylic acids is 2. The quantitative estimate of drug-likeness (QED) is 0.807. The number of carboxylic acids is 1. The van der Waals surface area contributed by atoms with Gasteiger partial charge in [0.2, 0.25) is 17.4 Å². The molecule has 0 radical (unpaired) electrons. The Morgan fingerprint density at radius 3 is 1.95 bits per heavy atom. The second-order valence-electron chi connectivity index (χ2n) is 5.85. The number of carbonyl (C=O) groups is 3. The SMILES string of the molecule is CCC1CC2C(=O)N(C(C)(C(=O)O)C(F)(F)F)C(=O)C2C1. The Morgan fingerprint density at radius 2 is 1.67 bits per heavy atom. The van der Waals surface area contributed by atoms with Gasteiger partial charge in [-0.25, -0.2) is 4.79 Å². The number of nitrogens with zero attached hydrogens (tertiary/aromatic N) is 1. The van der Waals surface area contributed by atoms with Crippen LogP contribution in [0, 0.1) is 17.8 Å². The first-order chi connectivity index (χ1) is 9.55. The summed E-state index contributed by atoms with van der Waals surface area (Å²) in [4.78, 5) is 35.4. The van der Waals surface area contributed by atoms with Crippen molar-refractivity contribution in [3.8, 4) is 0 Å². The fourth-order valence-corrected chi connectivity index (χ4v) is 3.25. The summed E-state index contributed by atoms with van der Waals surface area (Å²) < 4.78 is 39.4. The largest absolute Gasteiger partial charge is 0.479 e. The van der Waals surface area contributed by atoms with Gasteiger partial charge in [0.15, 0.2) is 0 Å². The van der Waals surface area contributed by atoms with Gasteiger partial charge >= 0.3 is 12.1 Å². The molecule has 2 aliphatic rings. The van der Waals surface area contributed by atoms with Gasteiger partial charge in [0.05, 0.1) is 11.8 Å². The third-order valence-electron chi connectivity index (χ3n) is 4.73. The molecule has 0 aromatic rings. The van der Waals surface area contributed by atoms with Crippen molar-refractivity contribution in [3.05, 3.63) is 0 Å². The van der Waals surface area contributed by atoms with E-state index in [1.165, 1.54) is 0 Å². The lowest BCUT2D eigenvalue weighted by Crippen LogP contribution is -2.64. The highest BCUT2D eigenvalue weighted by atomic mass is 19.4. The van der Waals surface area contributed by atoms with E-state index in [2.05, 4.69) is 0 Å². The molecule has 0 spiro atoms. The van der Waals surface area contributed by atoms with E-state index in [1.807, 2.05) is 6.92 Å². The van der Waals surface area contributed by atoms with Crippen LogP contribution >= 0.6 is 0 Å². The molecule has 0 bridgehead atoms. The van der Waals surface area contributed by atoms with Crippen LogP contribution in [0.1, 0.15) is 33.1 Å². The molecule has 21 heavy (non-hydrogen) atoms. The third-order valence-corrected chi connectivity index (χ3v) is 4.73. The van der Waals surface area contributed by atoms with E-state index in [1.54, 1.807) is 0 Å². The zero-order valence-corrected chi connectivity index (χ0v) is 11.6. The summed E-state index contributed by atoms with van der Waals surface area (Å²) in [5.74, 6) is -5.78. The number of carboxylic acid groups (broad SMARTS) is 1. The predicted octanol–water partition coefficient (Wildman–Crippen LogP) is 1.81. The summed E-state index contributed by atoms with van der Waals surface area (Å²) in [6.07, 6.45) is -3.80. The molecular formula is C13H16F3NO4. The average molecular weight is 307 g/mol. The smallest absolute Gasteiger partial charge is 0.422 e. The molecule has 1 heterocycles. The van der Waals surface area contributed by atoms with Crippen LogP contribution in [-0.4, -0.2) is 39.5 Å². The van der Waals surface area contributed by atoms with E-state index in [0.717, 1.165) is 6.42 Å². The predicted molar refractivity (Wildman–Crippen MR) is 63.9 cm³/mol. The Kier molecular flexibility index (Phi) is 3.54. The van der Waals surface area contributed by atoms with Crippen LogP contribution in [0.5, 0.6) is 0 Å². The topological polar surface area (TPSA) is 74.7 Å². The molecule has 0 aromatic carbocycles. The monoisotopic (exact) mass is 307 g/mol. The van der Waals surface area contributed by atoms with Crippen LogP contribution in [0.3, 0.4) is 0 Å². The lowest BCUT2D eigenvalue weighted by Gasteiger charge is -2.35. The normalized spacial score (nSPS) is 32.2. The first kappa shape index (κ1) is 15.8. The molecule has 8 heteroatoms. The number of likely N-dealkylation sites (tertiary alicyclic amines) is 1. The summed E-state index contributed by atoms with van der Waals surface area (Å²) in [5.41, 5.74) is -3.51. The Balaban J connectivity index is 2.41. The van der Waals surface area contributed by atoms with Crippen LogP contribution in [0.2, 0.25) is 0 Å². The summed E-state index contributed by atoms with van der Waals surface area (Å²) in [6, 6.07) is 0. The van der Waals surface area contributed by atoms with Crippen LogP contribution in [0.4, 0.5) is 13.2 Å². The van der Waals surface area contributed by atoms with Gasteiger partial charge in [-0.05, 0) is 25.7 Å². The summed E-state index contributed by atoms with van der Waals surface area (Å²) in [6.45, 7) is 2.25. The van der Waals surface area contributed by atoms with Gasteiger partial charge < -0.3 is 5.11 Å². The van der Waals surface area contributed by atoms with Crippen molar-refractivity contribution in [2.45, 2.75) is 44.8 Å². The van der Waals surface area contributed by atoms with Crippen molar-refractivity contribution >= 4 is 17.8 Å². The van der Waals surface area contributed by atoms with Crippen LogP contribution in [-0.2, 0) is 14.4 Å². The molecule has 1 aliphatic heterocycles. The molecular weight excluding hydrogens is 291 g/mol. The number of alkyl halides is 3. The number of aliphatic carboxylic acids is 1. The lowest BCUT2D eigenvalue weighted by molar-refractivity contribution is -0.230. The molecule has 1 aliphatic carbocycles. The first-order valence-corrected chi connectivity index (χ1v) is 6.73. The molecule has 5 nitrogen and oxygen atoms in total. The Labute approximate surface area is 119 Å². The van der Waals surface area contributed by atoms with E-state index in [4.69, 9.17) is 5.11 Å². The number of hydrogen-bond acceptors (Lipinski definition) is 3. The van der Waals surface area contributed by atoms with E-state index in [9.17, 15) is 27.6 Å². The maximum Gasteiger partial charge on any atom is 0.422 e. The van der Waals surface area contributed by atoms with Crippen molar-refractivity contribution < 1.29 is 32.7 Å². The zero-order valence-electron chi connectivity index (χ0n) is 11.6. The van der Waals surface area contributed by atoms with Gasteiger partial charge in [0.1, 0.15) is 0 Å². The van der Waals surface area contributed by atoms with E-state index < -0.39 is 41.3 Å². The molecule has 2 fully saturated rings. The minimum atomic E-state index is -5.23. The van der Waals surface area contributed by atoms with E-state index in [-0.39, 0.29) is 10.8 Å². The van der Waals surface area contributed by atoms with Gasteiger partial charge in [-0.1, -0.05) is 13.3 Å². The second kappa shape index (κ2) is 4.71. The molecule has 1 saturated heterocycles. The maximum absolute atomic E-state index is 13.1. The molecule has 118 valence electrons. The molecule has 0 aromatic heterocycles. The fraction of sp³-hybridized carbons (Fsp3) is 0.769. The minimum absolute atomic E-state index is 0.0729. The fourth-order valence-electron chi connectivity index (χ4n) is 3.25. The lowest BCUT2D eigenvalue weighted by atomic mass is 9.97. The van der Waals surface area contributed by atoms with Gasteiger partial charge in [-0.2, -0.15) is 13.2 Å². The zero-order chi connectivity index (χ0) is 16.2. The van der Waals surface area contributed by atoms with Crippen LogP contribution in [0.15, 0.2) is 0 Å². The number of fused-ring (bicyclic) bond motifs is 1. The first-order valence-electron chi connectivity index (χ1n) is 6.73. The van der Waals surface area contributed by atoms with Gasteiger partial charge in [-0.3, -0.25) is 14.5 Å². The second-order valence-corrected chi connectivity index (χ2v) is 5.85. The number of rotatable bonds is 3. The highest BCUT2D eigenvalue weighted by Gasteiger charge is 2.69. The Hall–Kier alpha value is -1.60. The minimum Gasteiger partial charge on any atom is -0.479 e. The van der Waals surface area contributed by atoms with Crippen LogP contribution in [0.25, 0.3) is 0 Å². The van der Waals surface area contributed by atoms with Gasteiger partial charge in [-0.15, -0.1) is 0 Å². The number of halogens is 3. The molecule has 1 saturated carbocycles. The summed E-state index contributed by atoms with van der Waals surface area (Å²) in [7, 11) is 0. The Morgan fingerprint density at radius 1 is 1.24 bits per heavy atom. The average Bonchev–Trinajstić information content (AvgIpc) is 2.88. The number of amides is 2. The maximum atomic E-state index is 13.1.